The van der Waals surface area contributed by atoms with Crippen LogP contribution in [0.2, 0.25) is 0 Å². The quantitative estimate of drug-likeness (QED) is 0.495. The lowest BCUT2D eigenvalue weighted by atomic mass is 10.1. The van der Waals surface area contributed by atoms with Gasteiger partial charge in [0, 0.05) is 18.7 Å². The van der Waals surface area contributed by atoms with E-state index in [4.69, 9.17) is 16.3 Å². The highest BCUT2D eigenvalue weighted by molar-refractivity contribution is 6.17. The van der Waals surface area contributed by atoms with Gasteiger partial charge in [-0.1, -0.05) is 54.1 Å². The molecule has 0 atom stereocenters. The van der Waals surface area contributed by atoms with Crippen molar-refractivity contribution < 1.29 is 23.9 Å². The number of ether oxygens (including phenoxy) is 2. The van der Waals surface area contributed by atoms with Crippen molar-refractivity contribution in [1.82, 2.24) is 10.6 Å². The Balaban J connectivity index is 1.68. The third-order valence-corrected chi connectivity index (χ3v) is 3.81. The van der Waals surface area contributed by atoms with E-state index in [-0.39, 0.29) is 44.1 Å². The molecule has 0 aromatic heterocycles. The molecule has 0 spiro atoms. The molecule has 0 aliphatic rings. The van der Waals surface area contributed by atoms with E-state index in [1.807, 2.05) is 30.3 Å². The molecule has 0 fully saturated rings. The molecule has 2 aromatic rings. The van der Waals surface area contributed by atoms with Gasteiger partial charge in [-0.15, -0.1) is 0 Å². The molecule has 8 heteroatoms. The molecule has 0 saturated carbocycles. The fourth-order valence-corrected chi connectivity index (χ4v) is 2.34. The van der Waals surface area contributed by atoms with Gasteiger partial charge in [0.25, 0.3) is 5.91 Å². The van der Waals surface area contributed by atoms with Gasteiger partial charge >= 0.3 is 12.1 Å². The van der Waals surface area contributed by atoms with Crippen LogP contribution in [0.15, 0.2) is 54.6 Å². The van der Waals surface area contributed by atoms with Gasteiger partial charge in [-0.2, -0.15) is 0 Å². The van der Waals surface area contributed by atoms with E-state index < -0.39 is 6.09 Å². The highest BCUT2D eigenvalue weighted by Crippen LogP contribution is 2.05. The van der Waals surface area contributed by atoms with Crippen molar-refractivity contribution in [2.45, 2.75) is 19.6 Å². The zero-order chi connectivity index (χ0) is 20.2. The summed E-state index contributed by atoms with van der Waals surface area (Å²) in [6.45, 7) is 0.645. The van der Waals surface area contributed by atoms with Crippen LogP contribution in [0.5, 0.6) is 0 Å². The number of alkyl halides is 1. The smallest absolute Gasteiger partial charge is 0.408 e. The third kappa shape index (κ3) is 7.67. The van der Waals surface area contributed by atoms with Crippen molar-refractivity contribution >= 4 is 29.6 Å². The molecular formula is C20H21ClN2O5. The number of rotatable bonds is 9. The van der Waals surface area contributed by atoms with Gasteiger partial charge in [-0.25, -0.2) is 4.79 Å². The molecule has 28 heavy (non-hydrogen) atoms. The molecule has 2 N–H and O–H groups in total. The van der Waals surface area contributed by atoms with Crippen LogP contribution in [0.4, 0.5) is 4.79 Å². The van der Waals surface area contributed by atoms with Gasteiger partial charge in [0.15, 0.2) is 6.07 Å². The van der Waals surface area contributed by atoms with Crippen LogP contribution in [0, 0.1) is 0 Å². The molecule has 2 aromatic carbocycles. The van der Waals surface area contributed by atoms with Gasteiger partial charge in [0.2, 0.25) is 0 Å². The Bertz CT molecular complexity index is 781. The zero-order valence-corrected chi connectivity index (χ0v) is 15.9. The molecule has 7 nitrogen and oxygen atoms in total. The van der Waals surface area contributed by atoms with Crippen LogP contribution >= 0.6 is 11.6 Å². The molecule has 0 saturated heterocycles. The van der Waals surface area contributed by atoms with Crippen molar-refractivity contribution in [2.24, 2.45) is 0 Å². The first-order valence-corrected chi connectivity index (χ1v) is 9.15. The lowest BCUT2D eigenvalue weighted by Gasteiger charge is -2.08. The van der Waals surface area contributed by atoms with Gasteiger partial charge in [0.05, 0.1) is 6.42 Å². The second kappa shape index (κ2) is 11.6. The largest absolute Gasteiger partial charge is 0.461 e. The number of halogens is 1. The van der Waals surface area contributed by atoms with E-state index in [9.17, 15) is 14.4 Å². The summed E-state index contributed by atoms with van der Waals surface area (Å²) in [4.78, 5) is 35.0. The molecule has 0 aliphatic carbocycles. The maximum atomic E-state index is 12.1. The molecule has 0 unspecified atom stereocenters. The van der Waals surface area contributed by atoms with Gasteiger partial charge < -0.3 is 20.1 Å². The number of esters is 1. The van der Waals surface area contributed by atoms with Crippen LogP contribution in [0.25, 0.3) is 0 Å². The number of hydrogen-bond acceptors (Lipinski definition) is 5. The summed E-state index contributed by atoms with van der Waals surface area (Å²) < 4.78 is 9.70. The van der Waals surface area contributed by atoms with Crippen molar-refractivity contribution in [1.29, 1.82) is 0 Å². The molecule has 2 amide bonds. The first-order chi connectivity index (χ1) is 13.6. The predicted octanol–water partition coefficient (Wildman–Crippen LogP) is 2.97. The Morgan fingerprint density at radius 3 is 2.25 bits per heavy atom. The second-order valence-corrected chi connectivity index (χ2v) is 5.96. The Morgan fingerprint density at radius 2 is 1.57 bits per heavy atom. The fourth-order valence-electron chi connectivity index (χ4n) is 2.24. The van der Waals surface area contributed by atoms with E-state index in [2.05, 4.69) is 15.4 Å². The summed E-state index contributed by atoms with van der Waals surface area (Å²) in [6, 6.07) is 15.8. The molecule has 2 rings (SSSR count). The maximum Gasteiger partial charge on any atom is 0.408 e. The van der Waals surface area contributed by atoms with Crippen LogP contribution in [-0.4, -0.2) is 30.6 Å². The van der Waals surface area contributed by atoms with Crippen LogP contribution in [-0.2, 0) is 27.4 Å². The monoisotopic (exact) mass is 404 g/mol. The SMILES string of the molecule is O=C(CCNC(=O)c1ccc(CNC(=O)OCCl)cc1)OCc1ccccc1. The minimum Gasteiger partial charge on any atom is -0.461 e. The minimum absolute atomic E-state index is 0.0866. The average molecular weight is 405 g/mol. The topological polar surface area (TPSA) is 93.7 Å². The van der Waals surface area contributed by atoms with E-state index in [1.165, 1.54) is 0 Å². The lowest BCUT2D eigenvalue weighted by Crippen LogP contribution is -2.26. The van der Waals surface area contributed by atoms with Crippen molar-refractivity contribution in [3.63, 3.8) is 0 Å². The molecule has 0 radical (unpaired) electrons. The van der Waals surface area contributed by atoms with Crippen LogP contribution < -0.4 is 10.6 Å². The molecule has 0 bridgehead atoms. The first-order valence-electron chi connectivity index (χ1n) is 8.62. The van der Waals surface area contributed by atoms with Crippen LogP contribution in [0.1, 0.15) is 27.9 Å². The molecular weight excluding hydrogens is 384 g/mol. The minimum atomic E-state index is -0.615. The van der Waals surface area contributed by atoms with Crippen molar-refractivity contribution in [2.75, 3.05) is 12.6 Å². The Morgan fingerprint density at radius 1 is 0.857 bits per heavy atom. The van der Waals surface area contributed by atoms with Gasteiger partial charge in [0.1, 0.15) is 6.61 Å². The zero-order valence-electron chi connectivity index (χ0n) is 15.2. The molecule has 0 aliphatic heterocycles. The standard InChI is InChI=1S/C20H21ClN2O5/c21-14-28-20(26)23-12-15-6-8-17(9-7-15)19(25)22-11-10-18(24)27-13-16-4-2-1-3-5-16/h1-9H,10-14H2,(H,22,25)(H,23,26). The predicted molar refractivity (Wildman–Crippen MR) is 104 cm³/mol. The summed E-state index contributed by atoms with van der Waals surface area (Å²) >= 11 is 5.28. The summed E-state index contributed by atoms with van der Waals surface area (Å²) in [5.41, 5.74) is 2.16. The first kappa shape index (κ1) is 21.2. The number of carbonyl (C=O) groups is 3. The highest BCUT2D eigenvalue weighted by Gasteiger charge is 2.08. The van der Waals surface area contributed by atoms with Crippen LogP contribution in [0.3, 0.4) is 0 Å². The Hall–Kier alpha value is -3.06. The second-order valence-electron chi connectivity index (χ2n) is 5.74. The summed E-state index contributed by atoms with van der Waals surface area (Å²) in [7, 11) is 0. The van der Waals surface area contributed by atoms with E-state index in [0.717, 1.165) is 11.1 Å². The number of carbonyl (C=O) groups excluding carboxylic acids is 3. The van der Waals surface area contributed by atoms with Gasteiger partial charge in [-0.05, 0) is 23.3 Å². The van der Waals surface area contributed by atoms with Crippen molar-refractivity contribution in [3.8, 4) is 0 Å². The van der Waals surface area contributed by atoms with E-state index in [0.29, 0.717) is 5.56 Å². The van der Waals surface area contributed by atoms with E-state index in [1.54, 1.807) is 24.3 Å². The summed E-state index contributed by atoms with van der Waals surface area (Å²) in [5.74, 6) is -0.675. The number of alkyl carbamates (subject to hydrolysis) is 1. The number of hydrogen-bond donors (Lipinski definition) is 2. The lowest BCUT2D eigenvalue weighted by molar-refractivity contribution is -0.144. The average Bonchev–Trinajstić information content (AvgIpc) is 2.72. The van der Waals surface area contributed by atoms with Gasteiger partial charge in [-0.3, -0.25) is 9.59 Å². The summed E-state index contributed by atoms with van der Waals surface area (Å²) in [5, 5.41) is 5.19. The number of amides is 2. The maximum absolute atomic E-state index is 12.1. The Labute approximate surface area is 168 Å². The van der Waals surface area contributed by atoms with E-state index >= 15 is 0 Å². The highest BCUT2D eigenvalue weighted by atomic mass is 35.5. The number of nitrogens with one attached hydrogen (secondary N) is 2. The molecule has 148 valence electrons. The molecule has 0 heterocycles. The third-order valence-electron chi connectivity index (χ3n) is 3.70. The Kier molecular flexibility index (Phi) is 8.81. The normalized spacial score (nSPS) is 10.0. The fraction of sp³-hybridized carbons (Fsp3) is 0.250. The summed E-state index contributed by atoms with van der Waals surface area (Å²) in [6.07, 6.45) is -0.528. The number of benzene rings is 2. The van der Waals surface area contributed by atoms with Crippen molar-refractivity contribution in [3.05, 3.63) is 71.3 Å².